The van der Waals surface area contributed by atoms with Crippen LogP contribution in [0.25, 0.3) is 0 Å². The second-order valence-electron chi connectivity index (χ2n) is 10.6. The number of carbonyl (C=O) groups excluding carboxylic acids is 1. The van der Waals surface area contributed by atoms with E-state index in [1.54, 1.807) is 0 Å². The van der Waals surface area contributed by atoms with Crippen molar-refractivity contribution in [1.82, 2.24) is 9.80 Å². The Kier molecular flexibility index (Phi) is 8.24. The largest absolute Gasteiger partial charge is 0.459 e. The number of allylic oxidation sites excluding steroid dienone is 1. The lowest BCUT2D eigenvalue weighted by molar-refractivity contribution is -0.182. The Hall–Kier alpha value is -2.29. The maximum atomic E-state index is 13.5. The molecule has 0 aliphatic carbocycles. The van der Waals surface area contributed by atoms with Gasteiger partial charge in [0.05, 0.1) is 0 Å². The summed E-state index contributed by atoms with van der Waals surface area (Å²) >= 11 is 0. The molecule has 4 rings (SSSR count). The zero-order chi connectivity index (χ0) is 25.0. The van der Waals surface area contributed by atoms with Gasteiger partial charge in [-0.2, -0.15) is 0 Å². The molecular formula is C27H40N2O6. The highest BCUT2D eigenvalue weighted by Gasteiger charge is 2.43. The van der Waals surface area contributed by atoms with Crippen molar-refractivity contribution in [3.05, 3.63) is 35.6 Å². The fourth-order valence-corrected chi connectivity index (χ4v) is 5.25. The third-order valence-corrected chi connectivity index (χ3v) is 7.12. The molecule has 1 saturated heterocycles. The lowest BCUT2D eigenvalue weighted by Crippen LogP contribution is -2.50. The van der Waals surface area contributed by atoms with Crippen LogP contribution in [0.4, 0.5) is 0 Å². The highest BCUT2D eigenvalue weighted by Crippen LogP contribution is 2.43. The summed E-state index contributed by atoms with van der Waals surface area (Å²) < 4.78 is 23.0. The molecule has 8 nitrogen and oxygen atoms in total. The van der Waals surface area contributed by atoms with Gasteiger partial charge in [0.1, 0.15) is 0 Å². The van der Waals surface area contributed by atoms with E-state index in [2.05, 4.69) is 31.7 Å². The SMILES string of the molecule is CCO[C@H]1OC(C(=O)N2CCN(Cc3ccc4c(c3)OCO4)CC2)=C[C@@H](C(C)(C)C)[C@@H]1CCCO. The van der Waals surface area contributed by atoms with Crippen LogP contribution < -0.4 is 9.47 Å². The lowest BCUT2D eigenvalue weighted by Gasteiger charge is -2.43. The van der Waals surface area contributed by atoms with Gasteiger partial charge in [0, 0.05) is 51.9 Å². The third-order valence-electron chi connectivity index (χ3n) is 7.12. The molecule has 1 N–H and O–H groups in total. The van der Waals surface area contributed by atoms with Gasteiger partial charge in [0.25, 0.3) is 5.91 Å². The van der Waals surface area contributed by atoms with Gasteiger partial charge in [-0.25, -0.2) is 0 Å². The number of rotatable bonds is 8. The average molecular weight is 489 g/mol. The third kappa shape index (κ3) is 6.11. The smallest absolute Gasteiger partial charge is 0.288 e. The number of ether oxygens (including phenoxy) is 4. The summed E-state index contributed by atoms with van der Waals surface area (Å²) in [5, 5.41) is 9.39. The first-order valence-corrected chi connectivity index (χ1v) is 12.8. The first-order chi connectivity index (χ1) is 16.8. The first kappa shape index (κ1) is 25.8. The van der Waals surface area contributed by atoms with Crippen molar-refractivity contribution in [2.75, 3.05) is 46.2 Å². The molecule has 0 aromatic heterocycles. The van der Waals surface area contributed by atoms with Crippen LogP contribution >= 0.6 is 0 Å². The number of nitrogens with zero attached hydrogens (tertiary/aromatic N) is 2. The molecular weight excluding hydrogens is 448 g/mol. The maximum Gasteiger partial charge on any atom is 0.288 e. The molecule has 1 amide bonds. The Balaban J connectivity index is 1.40. The molecule has 0 unspecified atom stereocenters. The minimum Gasteiger partial charge on any atom is -0.459 e. The molecule has 35 heavy (non-hydrogen) atoms. The summed E-state index contributed by atoms with van der Waals surface area (Å²) in [6, 6.07) is 6.06. The summed E-state index contributed by atoms with van der Waals surface area (Å²) in [4.78, 5) is 17.7. The monoisotopic (exact) mass is 488 g/mol. The maximum absolute atomic E-state index is 13.5. The summed E-state index contributed by atoms with van der Waals surface area (Å²) in [7, 11) is 0. The van der Waals surface area contributed by atoms with Crippen LogP contribution in [0, 0.1) is 17.3 Å². The second-order valence-corrected chi connectivity index (χ2v) is 10.6. The summed E-state index contributed by atoms with van der Waals surface area (Å²) in [6.07, 6.45) is 3.01. The van der Waals surface area contributed by atoms with E-state index in [4.69, 9.17) is 18.9 Å². The molecule has 8 heteroatoms. The Morgan fingerprint density at radius 2 is 1.89 bits per heavy atom. The van der Waals surface area contributed by atoms with Gasteiger partial charge in [-0.1, -0.05) is 26.8 Å². The molecule has 1 aromatic carbocycles. The van der Waals surface area contributed by atoms with E-state index in [0.717, 1.165) is 37.6 Å². The predicted octanol–water partition coefficient (Wildman–Crippen LogP) is 3.39. The fraction of sp³-hybridized carbons (Fsp3) is 0.667. The van der Waals surface area contributed by atoms with Crippen LogP contribution in [0.1, 0.15) is 46.1 Å². The van der Waals surface area contributed by atoms with E-state index >= 15 is 0 Å². The van der Waals surface area contributed by atoms with Crippen molar-refractivity contribution in [3.63, 3.8) is 0 Å². The molecule has 0 bridgehead atoms. The molecule has 0 spiro atoms. The van der Waals surface area contributed by atoms with Gasteiger partial charge in [-0.3, -0.25) is 9.69 Å². The standard InChI is InChI=1S/C27H40N2O6/c1-5-32-26-20(7-6-14-30)21(27(2,3)4)16-24(35-26)25(31)29-12-10-28(11-13-29)17-19-8-9-22-23(15-19)34-18-33-22/h8-9,15-16,20-21,26,30H,5-7,10-14,17-18H2,1-4H3/t20-,21+,26-/m0/s1. The van der Waals surface area contributed by atoms with Crippen molar-refractivity contribution in [1.29, 1.82) is 0 Å². The van der Waals surface area contributed by atoms with E-state index in [1.165, 1.54) is 5.56 Å². The van der Waals surface area contributed by atoms with Crippen LogP contribution in [-0.2, 0) is 20.8 Å². The van der Waals surface area contributed by atoms with Crippen LogP contribution in [0.15, 0.2) is 30.0 Å². The molecule has 194 valence electrons. The van der Waals surface area contributed by atoms with Crippen molar-refractivity contribution in [2.45, 2.75) is 53.4 Å². The number of aliphatic hydroxyl groups excluding tert-OH is 1. The summed E-state index contributed by atoms with van der Waals surface area (Å²) in [5.41, 5.74) is 1.11. The van der Waals surface area contributed by atoms with Gasteiger partial charge < -0.3 is 29.0 Å². The van der Waals surface area contributed by atoms with Crippen LogP contribution in [0.2, 0.25) is 0 Å². The Morgan fingerprint density at radius 3 is 2.57 bits per heavy atom. The molecule has 1 aromatic rings. The van der Waals surface area contributed by atoms with Crippen molar-refractivity contribution >= 4 is 5.91 Å². The Labute approximate surface area is 208 Å². The highest BCUT2D eigenvalue weighted by molar-refractivity contribution is 5.91. The Morgan fingerprint density at radius 1 is 1.14 bits per heavy atom. The van der Waals surface area contributed by atoms with Crippen molar-refractivity contribution < 1.29 is 28.8 Å². The van der Waals surface area contributed by atoms with E-state index in [1.807, 2.05) is 30.0 Å². The molecule has 3 aliphatic heterocycles. The zero-order valence-electron chi connectivity index (χ0n) is 21.5. The highest BCUT2D eigenvalue weighted by atomic mass is 16.7. The van der Waals surface area contributed by atoms with Gasteiger partial charge in [-0.05, 0) is 54.9 Å². The fourth-order valence-electron chi connectivity index (χ4n) is 5.25. The minimum atomic E-state index is -0.480. The van der Waals surface area contributed by atoms with E-state index in [9.17, 15) is 9.90 Å². The lowest BCUT2D eigenvalue weighted by atomic mass is 9.70. The van der Waals surface area contributed by atoms with Crippen LogP contribution in [0.3, 0.4) is 0 Å². The summed E-state index contributed by atoms with van der Waals surface area (Å²) in [6.45, 7) is 13.1. The van der Waals surface area contributed by atoms with Crippen molar-refractivity contribution in [3.8, 4) is 11.5 Å². The van der Waals surface area contributed by atoms with Gasteiger partial charge in [-0.15, -0.1) is 0 Å². The number of benzene rings is 1. The van der Waals surface area contributed by atoms with E-state index < -0.39 is 6.29 Å². The van der Waals surface area contributed by atoms with E-state index in [0.29, 0.717) is 31.9 Å². The topological polar surface area (TPSA) is 80.7 Å². The number of piperazine rings is 1. The molecule has 0 radical (unpaired) electrons. The van der Waals surface area contributed by atoms with Crippen LogP contribution in [-0.4, -0.2) is 73.3 Å². The van der Waals surface area contributed by atoms with Gasteiger partial charge in [0.2, 0.25) is 13.1 Å². The molecule has 0 saturated carbocycles. The number of amides is 1. The predicted molar refractivity (Wildman–Crippen MR) is 132 cm³/mol. The van der Waals surface area contributed by atoms with Gasteiger partial charge >= 0.3 is 0 Å². The Bertz CT molecular complexity index is 903. The molecule has 3 atom stereocenters. The summed E-state index contributed by atoms with van der Waals surface area (Å²) in [5.74, 6) is 2.14. The van der Waals surface area contributed by atoms with Gasteiger partial charge in [0.15, 0.2) is 17.3 Å². The van der Waals surface area contributed by atoms with Crippen LogP contribution in [0.5, 0.6) is 11.5 Å². The number of carbonyl (C=O) groups is 1. The second kappa shape index (κ2) is 11.2. The minimum absolute atomic E-state index is 0.0614. The average Bonchev–Trinajstić information content (AvgIpc) is 3.30. The number of hydrogen-bond donors (Lipinski definition) is 1. The zero-order valence-corrected chi connectivity index (χ0v) is 21.5. The molecule has 3 aliphatic rings. The van der Waals surface area contributed by atoms with E-state index in [-0.39, 0.29) is 36.6 Å². The molecule has 3 heterocycles. The first-order valence-electron chi connectivity index (χ1n) is 12.8. The van der Waals surface area contributed by atoms with Crippen molar-refractivity contribution in [2.24, 2.45) is 17.3 Å². The molecule has 1 fully saturated rings. The number of aliphatic hydroxyl groups is 1. The quantitative estimate of drug-likeness (QED) is 0.601. The number of fused-ring (bicyclic) bond motifs is 1. The number of hydrogen-bond acceptors (Lipinski definition) is 7. The normalized spacial score (nSPS) is 24.8.